The standard InChI is InChI=1S/C19H23N3O4S/c1-5-13-6-8-14(9-7-13)17-21-15(10-27-17)18(24)26-12(4)16(23)22-19(25)20-11(2)3/h6-12H,5H2,1-4H3,(H2,20,22,23,25)/t12-/m0/s1. The first-order valence-corrected chi connectivity index (χ1v) is 9.55. The zero-order valence-electron chi connectivity index (χ0n) is 15.7. The smallest absolute Gasteiger partial charge is 0.358 e. The number of hydrogen-bond donors (Lipinski definition) is 2. The number of nitrogens with zero attached hydrogens (tertiary/aromatic N) is 1. The Kier molecular flexibility index (Phi) is 7.06. The van der Waals surface area contributed by atoms with Crippen molar-refractivity contribution in [3.05, 3.63) is 40.9 Å². The molecule has 0 aliphatic rings. The van der Waals surface area contributed by atoms with Gasteiger partial charge in [-0.25, -0.2) is 14.6 Å². The molecule has 1 aromatic carbocycles. The van der Waals surface area contributed by atoms with E-state index in [1.165, 1.54) is 23.8 Å². The number of carbonyl (C=O) groups is 3. The van der Waals surface area contributed by atoms with E-state index in [9.17, 15) is 14.4 Å². The molecule has 2 aromatic rings. The SMILES string of the molecule is CCc1ccc(-c2nc(C(=O)O[C@@H](C)C(=O)NC(=O)NC(C)C)cs2)cc1. The number of ether oxygens (including phenoxy) is 1. The van der Waals surface area contributed by atoms with Gasteiger partial charge >= 0.3 is 12.0 Å². The number of carbonyl (C=O) groups excluding carboxylic acids is 3. The number of imide groups is 1. The lowest BCUT2D eigenvalue weighted by Gasteiger charge is -2.13. The van der Waals surface area contributed by atoms with E-state index in [-0.39, 0.29) is 11.7 Å². The largest absolute Gasteiger partial charge is 0.448 e. The van der Waals surface area contributed by atoms with Crippen LogP contribution in [0.25, 0.3) is 10.6 Å². The molecule has 8 heteroatoms. The molecule has 3 amide bonds. The third kappa shape index (κ3) is 5.89. The number of thiazole rings is 1. The summed E-state index contributed by atoms with van der Waals surface area (Å²) in [6, 6.07) is 7.19. The molecule has 1 atom stereocenters. The molecule has 0 bridgehead atoms. The molecule has 0 spiro atoms. The van der Waals surface area contributed by atoms with Gasteiger partial charge in [-0.05, 0) is 32.8 Å². The molecular weight excluding hydrogens is 366 g/mol. The first-order valence-electron chi connectivity index (χ1n) is 8.67. The van der Waals surface area contributed by atoms with E-state index >= 15 is 0 Å². The fourth-order valence-electron chi connectivity index (χ4n) is 2.17. The van der Waals surface area contributed by atoms with Crippen molar-refractivity contribution in [1.82, 2.24) is 15.6 Å². The van der Waals surface area contributed by atoms with Crippen molar-refractivity contribution in [3.63, 3.8) is 0 Å². The Morgan fingerprint density at radius 2 is 1.81 bits per heavy atom. The first-order chi connectivity index (χ1) is 12.8. The van der Waals surface area contributed by atoms with Gasteiger partial charge in [0.05, 0.1) is 0 Å². The quantitative estimate of drug-likeness (QED) is 0.740. The highest BCUT2D eigenvalue weighted by molar-refractivity contribution is 7.13. The third-order valence-corrected chi connectivity index (χ3v) is 4.52. The molecule has 0 unspecified atom stereocenters. The summed E-state index contributed by atoms with van der Waals surface area (Å²) in [6.45, 7) is 7.01. The van der Waals surface area contributed by atoms with Crippen LogP contribution in [-0.2, 0) is 16.0 Å². The molecule has 0 saturated carbocycles. The second-order valence-corrected chi connectivity index (χ2v) is 7.11. The first kappa shape index (κ1) is 20.6. The molecule has 144 valence electrons. The molecule has 0 fully saturated rings. The molecule has 2 rings (SSSR count). The Balaban J connectivity index is 1.96. The fourth-order valence-corrected chi connectivity index (χ4v) is 2.96. The number of aryl methyl sites for hydroxylation is 1. The van der Waals surface area contributed by atoms with E-state index in [1.54, 1.807) is 19.2 Å². The lowest BCUT2D eigenvalue weighted by molar-refractivity contribution is -0.127. The Morgan fingerprint density at radius 1 is 1.15 bits per heavy atom. The van der Waals surface area contributed by atoms with Gasteiger partial charge in [0.25, 0.3) is 5.91 Å². The van der Waals surface area contributed by atoms with Gasteiger partial charge in [-0.1, -0.05) is 31.2 Å². The topological polar surface area (TPSA) is 97.4 Å². The van der Waals surface area contributed by atoms with Crippen molar-refractivity contribution in [2.75, 3.05) is 0 Å². The van der Waals surface area contributed by atoms with Gasteiger partial charge in [-0.2, -0.15) is 0 Å². The molecule has 7 nitrogen and oxygen atoms in total. The van der Waals surface area contributed by atoms with E-state index in [0.717, 1.165) is 12.0 Å². The Bertz CT molecular complexity index is 815. The second kappa shape index (κ2) is 9.27. The minimum absolute atomic E-state index is 0.115. The minimum atomic E-state index is -1.12. The summed E-state index contributed by atoms with van der Waals surface area (Å²) in [5.41, 5.74) is 2.25. The normalized spacial score (nSPS) is 11.7. The van der Waals surface area contributed by atoms with E-state index in [0.29, 0.717) is 5.01 Å². The molecule has 27 heavy (non-hydrogen) atoms. The number of nitrogens with one attached hydrogen (secondary N) is 2. The van der Waals surface area contributed by atoms with Crippen molar-refractivity contribution < 1.29 is 19.1 Å². The lowest BCUT2D eigenvalue weighted by atomic mass is 10.1. The van der Waals surface area contributed by atoms with E-state index in [1.807, 2.05) is 24.3 Å². The maximum absolute atomic E-state index is 12.2. The molecular formula is C19H23N3O4S. The number of rotatable bonds is 6. The number of urea groups is 1. The highest BCUT2D eigenvalue weighted by Gasteiger charge is 2.22. The van der Waals surface area contributed by atoms with Gasteiger partial charge in [0.15, 0.2) is 11.8 Å². The summed E-state index contributed by atoms with van der Waals surface area (Å²) < 4.78 is 5.10. The van der Waals surface area contributed by atoms with Crippen molar-refractivity contribution >= 4 is 29.2 Å². The number of amides is 3. The van der Waals surface area contributed by atoms with E-state index in [4.69, 9.17) is 4.74 Å². The average molecular weight is 389 g/mol. The van der Waals surface area contributed by atoms with Crippen LogP contribution in [0.15, 0.2) is 29.6 Å². The molecule has 1 heterocycles. The van der Waals surface area contributed by atoms with Crippen LogP contribution in [0.3, 0.4) is 0 Å². The maximum Gasteiger partial charge on any atom is 0.358 e. The average Bonchev–Trinajstić information content (AvgIpc) is 3.11. The van der Waals surface area contributed by atoms with Gasteiger partial charge in [0.2, 0.25) is 0 Å². The van der Waals surface area contributed by atoms with Crippen LogP contribution in [0.1, 0.15) is 43.7 Å². The van der Waals surface area contributed by atoms with Gasteiger partial charge in [-0.3, -0.25) is 10.1 Å². The molecule has 0 aliphatic carbocycles. The van der Waals surface area contributed by atoms with Crippen LogP contribution < -0.4 is 10.6 Å². The van der Waals surface area contributed by atoms with E-state index < -0.39 is 24.0 Å². The summed E-state index contributed by atoms with van der Waals surface area (Å²) in [5.74, 6) is -1.42. The zero-order valence-corrected chi connectivity index (χ0v) is 16.6. The minimum Gasteiger partial charge on any atom is -0.448 e. The number of esters is 1. The molecule has 0 saturated heterocycles. The van der Waals surface area contributed by atoms with Crippen molar-refractivity contribution in [2.45, 2.75) is 46.3 Å². The predicted octanol–water partition coefficient (Wildman–Crippen LogP) is 3.15. The molecule has 2 N–H and O–H groups in total. The number of benzene rings is 1. The summed E-state index contributed by atoms with van der Waals surface area (Å²) in [4.78, 5) is 39.9. The monoisotopic (exact) mass is 389 g/mol. The molecule has 1 aromatic heterocycles. The van der Waals surface area contributed by atoms with Crippen LogP contribution in [0.2, 0.25) is 0 Å². The highest BCUT2D eigenvalue weighted by atomic mass is 32.1. The van der Waals surface area contributed by atoms with Crippen molar-refractivity contribution in [1.29, 1.82) is 0 Å². The number of hydrogen-bond acceptors (Lipinski definition) is 6. The van der Waals surface area contributed by atoms with Crippen LogP contribution in [0, 0.1) is 0 Å². The van der Waals surface area contributed by atoms with Crippen molar-refractivity contribution in [3.8, 4) is 10.6 Å². The molecule has 0 aliphatic heterocycles. The Morgan fingerprint density at radius 3 is 2.41 bits per heavy atom. The number of aromatic nitrogens is 1. The Hall–Kier alpha value is -2.74. The summed E-state index contributed by atoms with van der Waals surface area (Å²) in [7, 11) is 0. The summed E-state index contributed by atoms with van der Waals surface area (Å²) in [6.07, 6.45) is -0.172. The van der Waals surface area contributed by atoms with E-state index in [2.05, 4.69) is 22.5 Å². The second-order valence-electron chi connectivity index (χ2n) is 6.25. The van der Waals surface area contributed by atoms with Crippen LogP contribution in [0.5, 0.6) is 0 Å². The fraction of sp³-hybridized carbons (Fsp3) is 0.368. The maximum atomic E-state index is 12.2. The van der Waals surface area contributed by atoms with Gasteiger partial charge in [-0.15, -0.1) is 11.3 Å². The van der Waals surface area contributed by atoms with Gasteiger partial charge in [0.1, 0.15) is 5.01 Å². The van der Waals surface area contributed by atoms with Crippen LogP contribution in [0.4, 0.5) is 4.79 Å². The van der Waals surface area contributed by atoms with Crippen LogP contribution >= 0.6 is 11.3 Å². The summed E-state index contributed by atoms with van der Waals surface area (Å²) >= 11 is 1.32. The van der Waals surface area contributed by atoms with Gasteiger partial charge in [0, 0.05) is 17.0 Å². The third-order valence-electron chi connectivity index (χ3n) is 3.63. The van der Waals surface area contributed by atoms with Gasteiger partial charge < -0.3 is 10.1 Å². The summed E-state index contributed by atoms with van der Waals surface area (Å²) in [5, 5.41) is 6.92. The van der Waals surface area contributed by atoms with Crippen LogP contribution in [-0.4, -0.2) is 35.0 Å². The lowest BCUT2D eigenvalue weighted by Crippen LogP contribution is -2.46. The highest BCUT2D eigenvalue weighted by Crippen LogP contribution is 2.24. The molecule has 0 radical (unpaired) electrons. The van der Waals surface area contributed by atoms with Crippen molar-refractivity contribution in [2.24, 2.45) is 0 Å². The zero-order chi connectivity index (χ0) is 20.0. The Labute approximate surface area is 162 Å². The predicted molar refractivity (Wildman–Crippen MR) is 104 cm³/mol.